The van der Waals surface area contributed by atoms with Gasteiger partial charge in [-0.2, -0.15) is 0 Å². The van der Waals surface area contributed by atoms with Gasteiger partial charge in [-0.05, 0) is 49.6 Å². The highest BCUT2D eigenvalue weighted by molar-refractivity contribution is 5.99. The molecule has 0 aromatic heterocycles. The summed E-state index contributed by atoms with van der Waals surface area (Å²) in [5.41, 5.74) is 1.08. The van der Waals surface area contributed by atoms with E-state index in [1.54, 1.807) is 43.3 Å². The molecule has 0 fully saturated rings. The molecular weight excluding hydrogens is 467 g/mol. The predicted octanol–water partition coefficient (Wildman–Crippen LogP) is 1.42. The van der Waals surface area contributed by atoms with Crippen LogP contribution >= 0.6 is 0 Å². The van der Waals surface area contributed by atoms with E-state index in [9.17, 15) is 23.6 Å². The van der Waals surface area contributed by atoms with E-state index in [-0.39, 0.29) is 55.7 Å². The van der Waals surface area contributed by atoms with Crippen molar-refractivity contribution >= 4 is 23.6 Å². The van der Waals surface area contributed by atoms with Crippen molar-refractivity contribution in [1.29, 1.82) is 0 Å². The minimum atomic E-state index is -0.995. The summed E-state index contributed by atoms with van der Waals surface area (Å²) in [6, 6.07) is 10.9. The molecule has 0 unspecified atom stereocenters. The van der Waals surface area contributed by atoms with Crippen LogP contribution in [0.3, 0.4) is 0 Å². The lowest BCUT2D eigenvalue weighted by Gasteiger charge is -2.25. The molecule has 1 heterocycles. The van der Waals surface area contributed by atoms with Crippen molar-refractivity contribution < 1.29 is 28.3 Å². The summed E-state index contributed by atoms with van der Waals surface area (Å²) >= 11 is 0. The van der Waals surface area contributed by atoms with Crippen molar-refractivity contribution in [2.45, 2.75) is 38.3 Å². The smallest absolute Gasteiger partial charge is 0.255 e. The molecular formula is C26H31FN4O5. The number of fused-ring (bicyclic) bond motifs is 1. The van der Waals surface area contributed by atoms with Crippen LogP contribution in [0.5, 0.6) is 5.75 Å². The number of ether oxygens (including phenoxy) is 1. The minimum Gasteiger partial charge on any atom is -0.491 e. The first-order chi connectivity index (χ1) is 17.3. The highest BCUT2D eigenvalue weighted by Crippen LogP contribution is 2.18. The van der Waals surface area contributed by atoms with Gasteiger partial charge in [0.2, 0.25) is 17.7 Å². The fraction of sp³-hybridized carbons (Fsp3) is 0.385. The Kier molecular flexibility index (Phi) is 9.38. The number of nitrogens with one attached hydrogen (secondary N) is 3. The summed E-state index contributed by atoms with van der Waals surface area (Å²) in [4.78, 5) is 52.5. The van der Waals surface area contributed by atoms with E-state index in [0.717, 1.165) is 5.56 Å². The average Bonchev–Trinajstić information content (AvgIpc) is 2.88. The SMILES string of the molecule is C[C@H]1C(=O)NCCOc2ccccc2C(=O)N[C@H](C(=O)NCCc2ccc(F)cc2)CCC(=O)N1C. The maximum atomic E-state index is 13.1. The van der Waals surface area contributed by atoms with Gasteiger partial charge in [-0.15, -0.1) is 0 Å². The number of hydrogen-bond acceptors (Lipinski definition) is 5. The molecule has 192 valence electrons. The standard InChI is InChI=1S/C26H31FN4O5/c1-17-24(33)29-15-16-36-22-6-4-3-5-20(22)25(34)30-21(11-12-23(32)31(17)2)26(35)28-14-13-18-7-9-19(27)10-8-18/h3-10,17,21H,11-16H2,1-2H3,(H,28,35)(H,29,33)(H,30,34)/t17-,21-/m0/s1. The highest BCUT2D eigenvalue weighted by Gasteiger charge is 2.27. The number of halogens is 1. The van der Waals surface area contributed by atoms with Gasteiger partial charge in [-0.25, -0.2) is 4.39 Å². The van der Waals surface area contributed by atoms with Gasteiger partial charge in [0.15, 0.2) is 0 Å². The maximum absolute atomic E-state index is 13.1. The molecule has 2 atom stereocenters. The number of hydrogen-bond donors (Lipinski definition) is 3. The molecule has 4 amide bonds. The van der Waals surface area contributed by atoms with Crippen molar-refractivity contribution in [3.8, 4) is 5.75 Å². The molecule has 0 aliphatic carbocycles. The van der Waals surface area contributed by atoms with Gasteiger partial charge in [0.05, 0.1) is 12.1 Å². The fourth-order valence-electron chi connectivity index (χ4n) is 3.71. The zero-order valence-corrected chi connectivity index (χ0v) is 20.4. The second-order valence-corrected chi connectivity index (χ2v) is 8.55. The Balaban J connectivity index is 1.76. The molecule has 3 N–H and O–H groups in total. The number of rotatable bonds is 4. The molecule has 0 saturated heterocycles. The lowest BCUT2D eigenvalue weighted by atomic mass is 10.1. The molecule has 1 aliphatic rings. The van der Waals surface area contributed by atoms with E-state index in [2.05, 4.69) is 16.0 Å². The van der Waals surface area contributed by atoms with Gasteiger partial charge in [-0.3, -0.25) is 19.2 Å². The Bertz CT molecular complexity index is 1090. The van der Waals surface area contributed by atoms with Crippen LogP contribution < -0.4 is 20.7 Å². The zero-order chi connectivity index (χ0) is 26.1. The Morgan fingerprint density at radius 1 is 1.14 bits per heavy atom. The molecule has 0 saturated carbocycles. The fourth-order valence-corrected chi connectivity index (χ4v) is 3.71. The van der Waals surface area contributed by atoms with Crippen molar-refractivity contribution in [3.63, 3.8) is 0 Å². The van der Waals surface area contributed by atoms with E-state index >= 15 is 0 Å². The quantitative estimate of drug-likeness (QED) is 0.590. The van der Waals surface area contributed by atoms with Crippen LogP contribution in [0, 0.1) is 5.82 Å². The van der Waals surface area contributed by atoms with Crippen LogP contribution in [-0.4, -0.2) is 67.4 Å². The Morgan fingerprint density at radius 3 is 2.61 bits per heavy atom. The third-order valence-corrected chi connectivity index (χ3v) is 6.04. The second kappa shape index (κ2) is 12.7. The van der Waals surface area contributed by atoms with Crippen LogP contribution in [0.25, 0.3) is 0 Å². The van der Waals surface area contributed by atoms with E-state index < -0.39 is 23.9 Å². The topological polar surface area (TPSA) is 117 Å². The van der Waals surface area contributed by atoms with Crippen LogP contribution in [0.15, 0.2) is 48.5 Å². The van der Waals surface area contributed by atoms with E-state index in [1.807, 2.05) is 0 Å². The van der Waals surface area contributed by atoms with Gasteiger partial charge in [-0.1, -0.05) is 24.3 Å². The molecule has 3 rings (SSSR count). The number of benzene rings is 2. The number of carbonyl (C=O) groups is 4. The Hall–Kier alpha value is -3.95. The summed E-state index contributed by atoms with van der Waals surface area (Å²) in [6.45, 7) is 2.19. The van der Waals surface area contributed by atoms with Gasteiger partial charge < -0.3 is 25.6 Å². The largest absolute Gasteiger partial charge is 0.491 e. The average molecular weight is 499 g/mol. The summed E-state index contributed by atoms with van der Waals surface area (Å²) in [6.07, 6.45) is 0.453. The molecule has 0 spiro atoms. The highest BCUT2D eigenvalue weighted by atomic mass is 19.1. The second-order valence-electron chi connectivity index (χ2n) is 8.55. The molecule has 9 nitrogen and oxygen atoms in total. The van der Waals surface area contributed by atoms with Crippen molar-refractivity contribution in [2.24, 2.45) is 0 Å². The number of nitrogens with zero attached hydrogens (tertiary/aromatic N) is 1. The van der Waals surface area contributed by atoms with Crippen LogP contribution in [0.2, 0.25) is 0 Å². The Labute approximate surface area is 209 Å². The molecule has 10 heteroatoms. The molecule has 2 aromatic rings. The number of carbonyl (C=O) groups excluding carboxylic acids is 4. The summed E-state index contributed by atoms with van der Waals surface area (Å²) in [5.74, 6) is -1.65. The van der Waals surface area contributed by atoms with Crippen LogP contribution in [0.1, 0.15) is 35.7 Å². The van der Waals surface area contributed by atoms with Crippen molar-refractivity contribution in [3.05, 3.63) is 65.5 Å². The maximum Gasteiger partial charge on any atom is 0.255 e. The molecule has 0 radical (unpaired) electrons. The van der Waals surface area contributed by atoms with Gasteiger partial charge in [0, 0.05) is 20.0 Å². The zero-order valence-electron chi connectivity index (χ0n) is 20.4. The van der Waals surface area contributed by atoms with Gasteiger partial charge in [0.25, 0.3) is 5.91 Å². The summed E-state index contributed by atoms with van der Waals surface area (Å²) in [7, 11) is 1.52. The molecule has 1 aliphatic heterocycles. The molecule has 36 heavy (non-hydrogen) atoms. The van der Waals surface area contributed by atoms with Gasteiger partial charge in [0.1, 0.15) is 30.3 Å². The Morgan fingerprint density at radius 2 is 1.86 bits per heavy atom. The van der Waals surface area contributed by atoms with Crippen molar-refractivity contribution in [2.75, 3.05) is 26.7 Å². The molecule has 2 aromatic carbocycles. The number of likely N-dealkylation sites (N-methyl/N-ethyl adjacent to an activating group) is 1. The first-order valence-electron chi connectivity index (χ1n) is 11.8. The third kappa shape index (κ3) is 7.27. The monoisotopic (exact) mass is 498 g/mol. The van der Waals surface area contributed by atoms with Crippen LogP contribution in [0.4, 0.5) is 4.39 Å². The first kappa shape index (κ1) is 26.7. The first-order valence-corrected chi connectivity index (χ1v) is 11.8. The summed E-state index contributed by atoms with van der Waals surface area (Å²) < 4.78 is 18.8. The normalized spacial score (nSPS) is 19.6. The van der Waals surface area contributed by atoms with Crippen molar-refractivity contribution in [1.82, 2.24) is 20.9 Å². The van der Waals surface area contributed by atoms with E-state index in [0.29, 0.717) is 12.2 Å². The van der Waals surface area contributed by atoms with Gasteiger partial charge >= 0.3 is 0 Å². The minimum absolute atomic E-state index is 0.0364. The third-order valence-electron chi connectivity index (χ3n) is 6.04. The number of amides is 4. The predicted molar refractivity (Wildman–Crippen MR) is 131 cm³/mol. The van der Waals surface area contributed by atoms with E-state index in [1.165, 1.54) is 24.1 Å². The lowest BCUT2D eigenvalue weighted by molar-refractivity contribution is -0.138. The van der Waals surface area contributed by atoms with E-state index in [4.69, 9.17) is 4.74 Å². The molecule has 0 bridgehead atoms. The number of para-hydroxylation sites is 1. The lowest BCUT2D eigenvalue weighted by Crippen LogP contribution is -2.49. The summed E-state index contributed by atoms with van der Waals surface area (Å²) in [5, 5.41) is 8.22. The van der Waals surface area contributed by atoms with Crippen LogP contribution in [-0.2, 0) is 20.8 Å².